The van der Waals surface area contributed by atoms with Gasteiger partial charge < -0.3 is 5.73 Å². The standard InChI is InChI=1S/C23H29ClN4O4S3/c1-4-17(5-2)23(27-34(29,30)22-12-11-21(24)33-22)19-13-14-26-28(19)35(31,32)20(6-3)18-9-7-16(15-25)8-10-18/h6-14,17,20,23,27H,3-5,15,25H2,1-2H3. The third kappa shape index (κ3) is 5.87. The van der Waals surface area contributed by atoms with Gasteiger partial charge in [0.05, 0.1) is 22.3 Å². The van der Waals surface area contributed by atoms with Gasteiger partial charge >= 0.3 is 0 Å². The number of hydrogen-bond acceptors (Lipinski definition) is 7. The number of hydrogen-bond donors (Lipinski definition) is 2. The lowest BCUT2D eigenvalue weighted by atomic mass is 9.93. The van der Waals surface area contributed by atoms with Crippen LogP contribution in [-0.4, -0.2) is 26.0 Å². The number of benzene rings is 1. The van der Waals surface area contributed by atoms with Crippen molar-refractivity contribution in [3.8, 4) is 0 Å². The van der Waals surface area contributed by atoms with Gasteiger partial charge in [0.2, 0.25) is 0 Å². The van der Waals surface area contributed by atoms with E-state index < -0.39 is 31.3 Å². The molecule has 0 bridgehead atoms. The molecule has 0 aliphatic carbocycles. The number of thiophene rings is 1. The van der Waals surface area contributed by atoms with Gasteiger partial charge in [0.1, 0.15) is 9.46 Å². The summed E-state index contributed by atoms with van der Waals surface area (Å²) >= 11 is 6.88. The van der Waals surface area contributed by atoms with Gasteiger partial charge in [0.25, 0.3) is 20.0 Å². The van der Waals surface area contributed by atoms with Crippen molar-refractivity contribution >= 4 is 43.0 Å². The van der Waals surface area contributed by atoms with Crippen molar-refractivity contribution in [1.82, 2.24) is 13.9 Å². The van der Waals surface area contributed by atoms with Gasteiger partial charge in [-0.05, 0) is 35.2 Å². The van der Waals surface area contributed by atoms with Crippen LogP contribution in [0.15, 0.2) is 65.5 Å². The SMILES string of the molecule is C=CC(c1ccc(CN)cc1)S(=O)(=O)n1nccc1C(NS(=O)(=O)c1ccc(Cl)s1)C(CC)CC. The molecule has 35 heavy (non-hydrogen) atoms. The molecule has 0 radical (unpaired) electrons. The minimum Gasteiger partial charge on any atom is -0.326 e. The van der Waals surface area contributed by atoms with Gasteiger partial charge in [-0.1, -0.05) is 68.6 Å². The molecule has 0 amide bonds. The zero-order valence-corrected chi connectivity index (χ0v) is 22.7. The second kappa shape index (κ2) is 11.4. The predicted molar refractivity (Wildman–Crippen MR) is 140 cm³/mol. The van der Waals surface area contributed by atoms with Gasteiger partial charge in [-0.3, -0.25) is 0 Å². The summed E-state index contributed by atoms with van der Waals surface area (Å²) in [5.74, 6) is -0.183. The van der Waals surface area contributed by atoms with E-state index in [1.807, 2.05) is 13.8 Å². The molecule has 3 N–H and O–H groups in total. The Morgan fingerprint density at radius 1 is 1.11 bits per heavy atom. The molecule has 0 spiro atoms. The highest BCUT2D eigenvalue weighted by Crippen LogP contribution is 2.34. The summed E-state index contributed by atoms with van der Waals surface area (Å²) in [6.07, 6.45) is 3.93. The Balaban J connectivity index is 2.07. The summed E-state index contributed by atoms with van der Waals surface area (Å²) in [4.78, 5) is 0. The van der Waals surface area contributed by atoms with E-state index in [0.717, 1.165) is 21.0 Å². The van der Waals surface area contributed by atoms with Gasteiger partial charge in [0, 0.05) is 6.54 Å². The van der Waals surface area contributed by atoms with Gasteiger partial charge in [-0.2, -0.15) is 9.19 Å². The molecule has 1 aromatic carbocycles. The average molecular weight is 557 g/mol. The summed E-state index contributed by atoms with van der Waals surface area (Å²) in [5, 5.41) is 3.01. The van der Waals surface area contributed by atoms with Crippen molar-refractivity contribution in [2.75, 3.05) is 0 Å². The van der Waals surface area contributed by atoms with Crippen molar-refractivity contribution in [3.05, 3.63) is 82.5 Å². The van der Waals surface area contributed by atoms with E-state index >= 15 is 0 Å². The Bertz CT molecular complexity index is 1360. The lowest BCUT2D eigenvalue weighted by Crippen LogP contribution is -2.36. The van der Waals surface area contributed by atoms with Crippen molar-refractivity contribution in [1.29, 1.82) is 0 Å². The summed E-state index contributed by atoms with van der Waals surface area (Å²) in [6.45, 7) is 7.92. The lowest BCUT2D eigenvalue weighted by Gasteiger charge is -2.27. The zero-order valence-electron chi connectivity index (χ0n) is 19.5. The van der Waals surface area contributed by atoms with Crippen LogP contribution in [0.4, 0.5) is 0 Å². The molecule has 0 saturated heterocycles. The fourth-order valence-corrected chi connectivity index (χ4v) is 8.33. The van der Waals surface area contributed by atoms with Crippen LogP contribution in [0.2, 0.25) is 4.34 Å². The van der Waals surface area contributed by atoms with Gasteiger partial charge in [-0.15, -0.1) is 17.9 Å². The molecule has 0 saturated carbocycles. The number of nitrogens with zero attached hydrogens (tertiary/aromatic N) is 2. The number of nitrogens with one attached hydrogen (secondary N) is 1. The van der Waals surface area contributed by atoms with Crippen LogP contribution < -0.4 is 10.5 Å². The lowest BCUT2D eigenvalue weighted by molar-refractivity contribution is 0.368. The van der Waals surface area contributed by atoms with E-state index in [4.69, 9.17) is 17.3 Å². The van der Waals surface area contributed by atoms with Crippen LogP contribution in [0.3, 0.4) is 0 Å². The monoisotopic (exact) mass is 556 g/mol. The summed E-state index contributed by atoms with van der Waals surface area (Å²) in [5.41, 5.74) is 7.26. The smallest absolute Gasteiger partial charge is 0.264 e. The molecule has 190 valence electrons. The van der Waals surface area contributed by atoms with Gasteiger partial charge in [-0.25, -0.2) is 21.6 Å². The maximum Gasteiger partial charge on any atom is 0.264 e. The largest absolute Gasteiger partial charge is 0.326 e. The molecule has 0 aliphatic heterocycles. The first kappa shape index (κ1) is 27.6. The minimum atomic E-state index is -4.12. The third-order valence-electron chi connectivity index (χ3n) is 5.89. The second-order valence-corrected chi connectivity index (χ2v) is 13.5. The van der Waals surface area contributed by atoms with Crippen molar-refractivity contribution in [3.63, 3.8) is 0 Å². The van der Waals surface area contributed by atoms with Gasteiger partial charge in [0.15, 0.2) is 0 Å². The Morgan fingerprint density at radius 3 is 2.29 bits per heavy atom. The van der Waals surface area contributed by atoms with Crippen LogP contribution in [-0.2, 0) is 26.6 Å². The first-order valence-electron chi connectivity index (χ1n) is 11.1. The minimum absolute atomic E-state index is 0.0522. The van der Waals surface area contributed by atoms with Crippen molar-refractivity contribution in [2.45, 2.75) is 48.7 Å². The Morgan fingerprint density at radius 2 is 1.77 bits per heavy atom. The number of sulfonamides is 1. The maximum absolute atomic E-state index is 13.8. The van der Waals surface area contributed by atoms with Crippen molar-refractivity contribution in [2.24, 2.45) is 11.7 Å². The predicted octanol–water partition coefficient (Wildman–Crippen LogP) is 4.62. The second-order valence-electron chi connectivity index (χ2n) is 7.98. The molecular formula is C23H29ClN4O4S3. The van der Waals surface area contributed by atoms with Crippen LogP contribution in [0.5, 0.6) is 0 Å². The topological polar surface area (TPSA) is 124 Å². The highest BCUT2D eigenvalue weighted by Gasteiger charge is 2.35. The molecule has 0 aliphatic rings. The molecular weight excluding hydrogens is 528 g/mol. The zero-order chi connectivity index (χ0) is 25.8. The molecule has 3 rings (SSSR count). The molecule has 2 aromatic heterocycles. The number of rotatable bonds is 12. The van der Waals surface area contributed by atoms with Crippen LogP contribution in [0.1, 0.15) is 54.8 Å². The fourth-order valence-electron chi connectivity index (χ4n) is 3.94. The maximum atomic E-state index is 13.8. The molecule has 8 nitrogen and oxygen atoms in total. The van der Waals surface area contributed by atoms with Crippen LogP contribution in [0, 0.1) is 5.92 Å². The number of halogens is 1. The van der Waals surface area contributed by atoms with E-state index in [-0.39, 0.29) is 15.8 Å². The van der Waals surface area contributed by atoms with E-state index in [1.54, 1.807) is 24.3 Å². The quantitative estimate of drug-likeness (QED) is 0.314. The molecule has 2 heterocycles. The molecule has 12 heteroatoms. The van der Waals surface area contributed by atoms with E-state index in [2.05, 4.69) is 16.4 Å². The third-order valence-corrected chi connectivity index (χ3v) is 10.9. The Kier molecular flexibility index (Phi) is 8.95. The van der Waals surface area contributed by atoms with Crippen LogP contribution in [0.25, 0.3) is 0 Å². The van der Waals surface area contributed by atoms with E-state index in [0.29, 0.717) is 29.3 Å². The Hall–Kier alpha value is -2.02. The number of nitrogens with two attached hydrogens (primary N) is 1. The molecule has 2 atom stereocenters. The summed E-state index contributed by atoms with van der Waals surface area (Å²) in [7, 11) is -8.08. The molecule has 2 unspecified atom stereocenters. The van der Waals surface area contributed by atoms with E-state index in [1.165, 1.54) is 30.5 Å². The first-order valence-corrected chi connectivity index (χ1v) is 15.2. The first-order chi connectivity index (χ1) is 16.6. The fraction of sp³-hybridized carbons (Fsp3) is 0.348. The molecule has 0 fully saturated rings. The van der Waals surface area contributed by atoms with Crippen LogP contribution >= 0.6 is 22.9 Å². The Labute approximate surface area is 215 Å². The number of aromatic nitrogens is 2. The summed E-state index contributed by atoms with van der Waals surface area (Å²) in [6, 6.07) is 10.5. The summed E-state index contributed by atoms with van der Waals surface area (Å²) < 4.78 is 57.8. The normalized spacial score (nSPS) is 14.2. The van der Waals surface area contributed by atoms with E-state index in [9.17, 15) is 16.8 Å². The van der Waals surface area contributed by atoms with Crippen molar-refractivity contribution < 1.29 is 16.8 Å². The molecule has 3 aromatic rings. The highest BCUT2D eigenvalue weighted by molar-refractivity contribution is 7.91. The average Bonchev–Trinajstić information content (AvgIpc) is 3.50. The highest BCUT2D eigenvalue weighted by atomic mass is 35.5.